The highest BCUT2D eigenvalue weighted by molar-refractivity contribution is 7.17. The summed E-state index contributed by atoms with van der Waals surface area (Å²) in [5.74, 6) is 0.409. The topological polar surface area (TPSA) is 107 Å². The molecule has 3 heterocycles. The number of hydrogen-bond donors (Lipinski definition) is 3. The third-order valence-electron chi connectivity index (χ3n) is 7.53. The van der Waals surface area contributed by atoms with Gasteiger partial charge in [0.05, 0.1) is 11.0 Å². The lowest BCUT2D eigenvalue weighted by Gasteiger charge is -2.39. The number of nitrogens with zero attached hydrogens (tertiary/aromatic N) is 3. The van der Waals surface area contributed by atoms with Gasteiger partial charge in [0.1, 0.15) is 11.5 Å². The Morgan fingerprint density at radius 3 is 2.62 bits per heavy atom. The quantitative estimate of drug-likeness (QED) is 0.578. The van der Waals surface area contributed by atoms with Crippen LogP contribution in [0.25, 0.3) is 10.4 Å². The summed E-state index contributed by atoms with van der Waals surface area (Å²) < 4.78 is 0. The third kappa shape index (κ3) is 4.43. The molecule has 0 radical (unpaired) electrons. The highest BCUT2D eigenvalue weighted by Gasteiger charge is 2.34. The van der Waals surface area contributed by atoms with E-state index in [4.69, 9.17) is 0 Å². The highest BCUT2D eigenvalue weighted by Crippen LogP contribution is 2.37. The fraction of sp³-hybridized carbons (Fsp3) is 0.600. The molecular weight excluding hydrogens is 450 g/mol. The molecule has 3 fully saturated rings. The summed E-state index contributed by atoms with van der Waals surface area (Å²) in [4.78, 5) is 38.1. The number of thiazole rings is 1. The molecule has 0 spiro atoms. The molecule has 0 bridgehead atoms. The van der Waals surface area contributed by atoms with E-state index in [0.717, 1.165) is 42.6 Å². The molecule has 2 aromatic rings. The molecule has 2 amide bonds. The van der Waals surface area contributed by atoms with Crippen LogP contribution in [0.5, 0.6) is 0 Å². The number of amides is 2. The van der Waals surface area contributed by atoms with E-state index in [1.165, 1.54) is 17.8 Å². The predicted molar refractivity (Wildman–Crippen MR) is 132 cm³/mol. The lowest BCUT2D eigenvalue weighted by molar-refractivity contribution is 0.0562. The van der Waals surface area contributed by atoms with Crippen molar-refractivity contribution in [3.8, 4) is 10.4 Å². The van der Waals surface area contributed by atoms with E-state index in [0.29, 0.717) is 30.0 Å². The highest BCUT2D eigenvalue weighted by atomic mass is 32.1. The summed E-state index contributed by atoms with van der Waals surface area (Å²) in [5, 5.41) is 16.3. The van der Waals surface area contributed by atoms with Crippen molar-refractivity contribution in [3.63, 3.8) is 0 Å². The molecule has 2 aliphatic carbocycles. The summed E-state index contributed by atoms with van der Waals surface area (Å²) >= 11 is 1.24. The first-order valence-corrected chi connectivity index (χ1v) is 13.1. The molecule has 5 rings (SSSR count). The normalized spacial score (nSPS) is 25.4. The van der Waals surface area contributed by atoms with E-state index in [1.807, 2.05) is 17.9 Å². The molecule has 1 saturated heterocycles. The molecule has 2 aromatic heterocycles. The maximum absolute atomic E-state index is 13.5. The summed E-state index contributed by atoms with van der Waals surface area (Å²) in [5.41, 5.74) is 2.24. The second-order valence-electron chi connectivity index (χ2n) is 10.4. The molecule has 1 atom stereocenters. The maximum atomic E-state index is 13.5. The molecule has 34 heavy (non-hydrogen) atoms. The van der Waals surface area contributed by atoms with Crippen LogP contribution >= 0.6 is 11.3 Å². The van der Waals surface area contributed by atoms with Gasteiger partial charge in [0, 0.05) is 35.9 Å². The summed E-state index contributed by atoms with van der Waals surface area (Å²) in [6.07, 6.45) is 7.99. The van der Waals surface area contributed by atoms with Gasteiger partial charge in [-0.1, -0.05) is 0 Å². The van der Waals surface area contributed by atoms with Gasteiger partial charge >= 0.3 is 0 Å². The minimum absolute atomic E-state index is 0.0470. The second-order valence-corrected chi connectivity index (χ2v) is 11.4. The Balaban J connectivity index is 1.46. The summed E-state index contributed by atoms with van der Waals surface area (Å²) in [7, 11) is 0. The van der Waals surface area contributed by atoms with Crippen LogP contribution in [0.4, 0.5) is 5.82 Å². The number of nitrogens with one attached hydrogen (secondary N) is 2. The number of anilines is 1. The molecule has 182 valence electrons. The summed E-state index contributed by atoms with van der Waals surface area (Å²) in [6.45, 7) is 6.98. The number of aliphatic hydroxyl groups is 1. The number of carbonyl (C=O) groups excluding carboxylic acids is 2. The van der Waals surface area contributed by atoms with Gasteiger partial charge < -0.3 is 20.6 Å². The second kappa shape index (κ2) is 8.92. The van der Waals surface area contributed by atoms with E-state index >= 15 is 0 Å². The van der Waals surface area contributed by atoms with Crippen LogP contribution in [0.2, 0.25) is 0 Å². The number of hydrogen-bond acceptors (Lipinski definition) is 7. The number of aryl methyl sites for hydroxylation is 1. The maximum Gasteiger partial charge on any atom is 0.280 e. The van der Waals surface area contributed by atoms with Crippen molar-refractivity contribution in [3.05, 3.63) is 28.5 Å². The number of rotatable bonds is 6. The van der Waals surface area contributed by atoms with Crippen LogP contribution in [-0.2, 0) is 0 Å². The van der Waals surface area contributed by atoms with Crippen molar-refractivity contribution in [2.24, 2.45) is 0 Å². The van der Waals surface area contributed by atoms with Gasteiger partial charge in [-0.2, -0.15) is 0 Å². The van der Waals surface area contributed by atoms with Crippen LogP contribution in [0, 0.1) is 6.92 Å². The molecule has 1 aliphatic heterocycles. The van der Waals surface area contributed by atoms with Gasteiger partial charge in [-0.15, -0.1) is 11.3 Å². The zero-order valence-electron chi connectivity index (χ0n) is 20.1. The minimum atomic E-state index is -0.353. The zero-order valence-corrected chi connectivity index (χ0v) is 20.9. The lowest BCUT2D eigenvalue weighted by Crippen LogP contribution is -2.46. The molecule has 3 N–H and O–H groups in total. The van der Waals surface area contributed by atoms with Crippen molar-refractivity contribution >= 4 is 29.0 Å². The third-order valence-corrected chi connectivity index (χ3v) is 8.62. The molecule has 8 nitrogen and oxygen atoms in total. The van der Waals surface area contributed by atoms with Crippen molar-refractivity contribution in [2.45, 2.75) is 89.4 Å². The standard InChI is InChI=1S/C25H33N5O3S/c1-14-10-19(29-25(3)7-5-8-25)26-13-18(14)21-20(24(33)30-9-4-6-15(30)2)28-23(34-21)22(32)27-16-11-17(31)12-16/h10,13,15-17,31H,4-9,11-12H2,1-3H3,(H,26,29)(H,27,32)/t15-,16?,17?/m0/s1. The van der Waals surface area contributed by atoms with Crippen molar-refractivity contribution in [1.29, 1.82) is 0 Å². The van der Waals surface area contributed by atoms with Gasteiger partial charge in [0.15, 0.2) is 5.01 Å². The number of aromatic nitrogens is 2. The van der Waals surface area contributed by atoms with Crippen LogP contribution in [0.1, 0.15) is 84.6 Å². The first kappa shape index (κ1) is 23.2. The minimum Gasteiger partial charge on any atom is -0.393 e. The van der Waals surface area contributed by atoms with E-state index in [9.17, 15) is 14.7 Å². The number of carbonyl (C=O) groups is 2. The monoisotopic (exact) mass is 483 g/mol. The van der Waals surface area contributed by atoms with Gasteiger partial charge in [0.2, 0.25) is 0 Å². The van der Waals surface area contributed by atoms with Gasteiger partial charge in [-0.3, -0.25) is 9.59 Å². The number of aliphatic hydroxyl groups excluding tert-OH is 1. The van der Waals surface area contributed by atoms with Crippen LogP contribution < -0.4 is 10.6 Å². The summed E-state index contributed by atoms with van der Waals surface area (Å²) in [6, 6.07) is 2.12. The van der Waals surface area contributed by atoms with Crippen molar-refractivity contribution in [1.82, 2.24) is 20.2 Å². The largest absolute Gasteiger partial charge is 0.393 e. The fourth-order valence-corrected chi connectivity index (χ4v) is 6.11. The molecular formula is C25H33N5O3S. The molecule has 9 heteroatoms. The Kier molecular flexibility index (Phi) is 6.10. The Labute approximate surface area is 204 Å². The SMILES string of the molecule is Cc1cc(NC2(C)CCC2)ncc1-c1sc(C(=O)NC2CC(O)C2)nc1C(=O)N1CCC[C@@H]1C. The van der Waals surface area contributed by atoms with E-state index in [-0.39, 0.29) is 40.5 Å². The lowest BCUT2D eigenvalue weighted by atomic mass is 9.78. The van der Waals surface area contributed by atoms with Gasteiger partial charge in [-0.25, -0.2) is 9.97 Å². The van der Waals surface area contributed by atoms with Crippen molar-refractivity contribution < 1.29 is 14.7 Å². The Morgan fingerprint density at radius 1 is 1.26 bits per heavy atom. The van der Waals surface area contributed by atoms with Gasteiger partial charge in [-0.05, 0) is 77.3 Å². The van der Waals surface area contributed by atoms with Crippen LogP contribution in [-0.4, -0.2) is 62.1 Å². The smallest absolute Gasteiger partial charge is 0.280 e. The molecule has 2 saturated carbocycles. The van der Waals surface area contributed by atoms with E-state index in [1.54, 1.807) is 6.20 Å². The average Bonchev–Trinajstić information content (AvgIpc) is 3.38. The van der Waals surface area contributed by atoms with E-state index in [2.05, 4.69) is 34.4 Å². The zero-order chi connectivity index (χ0) is 24.0. The van der Waals surface area contributed by atoms with Gasteiger partial charge in [0.25, 0.3) is 11.8 Å². The number of likely N-dealkylation sites (tertiary alicyclic amines) is 1. The Morgan fingerprint density at radius 2 is 2.03 bits per heavy atom. The Bertz CT molecular complexity index is 1110. The van der Waals surface area contributed by atoms with Crippen molar-refractivity contribution in [2.75, 3.05) is 11.9 Å². The Hall–Kier alpha value is -2.52. The number of pyridine rings is 1. The first-order valence-electron chi connectivity index (χ1n) is 12.3. The molecule has 3 aliphatic rings. The van der Waals surface area contributed by atoms with Crippen LogP contribution in [0.3, 0.4) is 0 Å². The average molecular weight is 484 g/mol. The first-order chi connectivity index (χ1) is 16.2. The fourth-order valence-electron chi connectivity index (χ4n) is 5.07. The van der Waals surface area contributed by atoms with Crippen LogP contribution in [0.15, 0.2) is 12.3 Å². The van der Waals surface area contributed by atoms with E-state index < -0.39 is 0 Å². The predicted octanol–water partition coefficient (Wildman–Crippen LogP) is 3.75. The molecule has 0 unspecified atom stereocenters. The molecule has 0 aromatic carbocycles.